The molecule has 0 saturated carbocycles. The lowest BCUT2D eigenvalue weighted by molar-refractivity contribution is 0.0845. The van der Waals surface area contributed by atoms with Gasteiger partial charge >= 0.3 is 0 Å². The maximum Gasteiger partial charge on any atom is 0.253 e. The molecule has 1 fully saturated rings. The maximum absolute atomic E-state index is 15.8. The van der Waals surface area contributed by atoms with Gasteiger partial charge < -0.3 is 19.9 Å². The molecular weight excluding hydrogens is 418 g/mol. The molecule has 33 heavy (non-hydrogen) atoms. The van der Waals surface area contributed by atoms with Crippen LogP contribution in [-0.2, 0) is 11.3 Å². The van der Waals surface area contributed by atoms with Crippen molar-refractivity contribution in [3.05, 3.63) is 57.4 Å². The summed E-state index contributed by atoms with van der Waals surface area (Å²) in [5.74, 6) is 0.507. The quantitative estimate of drug-likeness (QED) is 0.540. The van der Waals surface area contributed by atoms with Gasteiger partial charge in [-0.2, -0.15) is 0 Å². The van der Waals surface area contributed by atoms with Gasteiger partial charge in [-0.25, -0.2) is 9.37 Å². The van der Waals surface area contributed by atoms with Crippen molar-refractivity contribution < 1.29 is 9.13 Å². The summed E-state index contributed by atoms with van der Waals surface area (Å²) in [6.07, 6.45) is 3.48. The Morgan fingerprint density at radius 1 is 1.27 bits per heavy atom. The summed E-state index contributed by atoms with van der Waals surface area (Å²) in [5.41, 5.74) is 3.66. The van der Waals surface area contributed by atoms with E-state index in [-0.39, 0.29) is 17.4 Å². The van der Waals surface area contributed by atoms with Crippen LogP contribution >= 0.6 is 0 Å². The minimum atomic E-state index is -0.152. The van der Waals surface area contributed by atoms with Gasteiger partial charge in [0.05, 0.1) is 5.69 Å². The molecule has 174 valence electrons. The minimum absolute atomic E-state index is 0.0992. The molecule has 0 amide bonds. The first-order chi connectivity index (χ1) is 15.9. The van der Waals surface area contributed by atoms with E-state index in [1.807, 2.05) is 38.9 Å². The fourth-order valence-electron chi connectivity index (χ4n) is 4.88. The van der Waals surface area contributed by atoms with Crippen LogP contribution in [0.3, 0.4) is 0 Å². The van der Waals surface area contributed by atoms with Gasteiger partial charge in [0.1, 0.15) is 11.6 Å². The molecule has 8 heteroatoms. The molecule has 3 heterocycles. The van der Waals surface area contributed by atoms with Crippen LogP contribution in [0.4, 0.5) is 15.9 Å². The average molecular weight is 450 g/mol. The Bertz CT molecular complexity index is 1210. The van der Waals surface area contributed by atoms with E-state index >= 15 is 4.39 Å². The number of fused-ring (bicyclic) bond motifs is 1. The number of H-pyrrole nitrogens is 1. The molecule has 1 aromatic carbocycles. The monoisotopic (exact) mass is 450 g/mol. The van der Waals surface area contributed by atoms with E-state index in [2.05, 4.69) is 27.1 Å². The van der Waals surface area contributed by atoms with Gasteiger partial charge in [-0.1, -0.05) is 12.9 Å². The van der Waals surface area contributed by atoms with Gasteiger partial charge in [-0.15, -0.1) is 0 Å². The summed E-state index contributed by atoms with van der Waals surface area (Å²) < 4.78 is 21.3. The molecule has 2 N–H and O–H groups in total. The average Bonchev–Trinajstić information content (AvgIpc) is 2.80. The Kier molecular flexibility index (Phi) is 7.03. The molecule has 4 rings (SSSR count). The lowest BCUT2D eigenvalue weighted by Crippen LogP contribution is -2.41. The van der Waals surface area contributed by atoms with E-state index in [4.69, 9.17) is 4.74 Å². The van der Waals surface area contributed by atoms with Gasteiger partial charge in [-0.05, 0) is 56.8 Å². The van der Waals surface area contributed by atoms with Crippen LogP contribution < -0.4 is 21.2 Å². The van der Waals surface area contributed by atoms with Gasteiger partial charge in [0.15, 0.2) is 7.28 Å². The fraction of sp³-hybridized carbons (Fsp3) is 0.440. The second-order valence-electron chi connectivity index (χ2n) is 8.73. The number of nitrogens with zero attached hydrogens (tertiary/aromatic N) is 2. The molecule has 1 aliphatic heterocycles. The normalized spacial score (nSPS) is 14.5. The summed E-state index contributed by atoms with van der Waals surface area (Å²) in [4.78, 5) is 22.1. The van der Waals surface area contributed by atoms with Crippen molar-refractivity contribution in [1.82, 2.24) is 9.97 Å². The highest BCUT2D eigenvalue weighted by Gasteiger charge is 2.26. The van der Waals surface area contributed by atoms with Crippen LogP contribution in [0.25, 0.3) is 10.8 Å². The van der Waals surface area contributed by atoms with Crippen molar-refractivity contribution in [3.63, 3.8) is 0 Å². The van der Waals surface area contributed by atoms with E-state index < -0.39 is 0 Å². The SMILES string of the molecule is CBc1cc2c(NCc3c(C)cc(C)[nH]c3=O)nccc2c(N(CC)C2CCOCC2)c1F. The first-order valence-corrected chi connectivity index (χ1v) is 11.8. The van der Waals surface area contributed by atoms with E-state index in [0.29, 0.717) is 56.1 Å². The highest BCUT2D eigenvalue weighted by atomic mass is 19.1. The fourth-order valence-corrected chi connectivity index (χ4v) is 4.88. The van der Waals surface area contributed by atoms with E-state index in [1.54, 1.807) is 6.20 Å². The third kappa shape index (κ3) is 4.62. The first kappa shape index (κ1) is 23.3. The molecule has 2 aromatic heterocycles. The number of halogens is 1. The molecule has 0 aliphatic carbocycles. The van der Waals surface area contributed by atoms with Crippen molar-refractivity contribution in [3.8, 4) is 0 Å². The van der Waals surface area contributed by atoms with Crippen molar-refractivity contribution in [2.75, 3.05) is 30.0 Å². The number of aromatic amines is 1. The Balaban J connectivity index is 1.78. The molecule has 3 aromatic rings. The smallest absolute Gasteiger partial charge is 0.253 e. The summed E-state index contributed by atoms with van der Waals surface area (Å²) in [6.45, 7) is 10.3. The summed E-state index contributed by atoms with van der Waals surface area (Å²) >= 11 is 0. The van der Waals surface area contributed by atoms with Gasteiger partial charge in [0.2, 0.25) is 0 Å². The van der Waals surface area contributed by atoms with E-state index in [0.717, 1.165) is 34.9 Å². The van der Waals surface area contributed by atoms with Gasteiger partial charge in [0, 0.05) is 60.6 Å². The second-order valence-corrected chi connectivity index (χ2v) is 8.73. The molecule has 0 bridgehead atoms. The maximum atomic E-state index is 15.8. The zero-order valence-electron chi connectivity index (χ0n) is 19.9. The lowest BCUT2D eigenvalue weighted by atomic mass is 9.72. The number of anilines is 2. The molecule has 1 aliphatic rings. The van der Waals surface area contributed by atoms with E-state index in [9.17, 15) is 4.79 Å². The molecule has 6 nitrogen and oxygen atoms in total. The van der Waals surface area contributed by atoms with E-state index in [1.165, 1.54) is 0 Å². The number of pyridine rings is 2. The van der Waals surface area contributed by atoms with Crippen molar-refractivity contribution in [2.45, 2.75) is 53.0 Å². The van der Waals surface area contributed by atoms with Crippen LogP contribution in [0, 0.1) is 19.7 Å². The van der Waals surface area contributed by atoms with Crippen LogP contribution in [-0.4, -0.2) is 43.0 Å². The van der Waals surface area contributed by atoms with Crippen LogP contribution in [0.1, 0.15) is 36.6 Å². The largest absolute Gasteiger partial charge is 0.381 e. The standard InChI is InChI=1S/C25H32BFN4O2/c1-5-31(17-7-10-33-11-8-17)23-18-6-9-28-24(19(18)13-21(26-4)22(23)27)29-14-20-15(2)12-16(3)30-25(20)32/h6,9,12-13,17,26H,5,7-8,10-11,14H2,1-4H3,(H,28,29)(H,30,32). The first-order valence-electron chi connectivity index (χ1n) is 11.8. The number of nitrogens with one attached hydrogen (secondary N) is 2. The number of aryl methyl sites for hydroxylation is 2. The summed E-state index contributed by atoms with van der Waals surface area (Å²) in [7, 11) is 0.588. The third-order valence-corrected chi connectivity index (χ3v) is 6.62. The Morgan fingerprint density at radius 3 is 2.70 bits per heavy atom. The van der Waals surface area contributed by atoms with Crippen LogP contribution in [0.5, 0.6) is 0 Å². The number of ether oxygens (including phenoxy) is 1. The lowest BCUT2D eigenvalue weighted by Gasteiger charge is -2.36. The van der Waals surface area contributed by atoms with Crippen LogP contribution in [0.2, 0.25) is 6.82 Å². The Morgan fingerprint density at radius 2 is 2.03 bits per heavy atom. The Hall–Kier alpha value is -2.87. The van der Waals surface area contributed by atoms with Gasteiger partial charge in [0.25, 0.3) is 5.56 Å². The number of hydrogen-bond acceptors (Lipinski definition) is 5. The summed E-state index contributed by atoms with van der Waals surface area (Å²) in [6, 6.07) is 5.99. The minimum Gasteiger partial charge on any atom is -0.381 e. The van der Waals surface area contributed by atoms with Crippen LogP contribution in [0.15, 0.2) is 29.2 Å². The zero-order chi connectivity index (χ0) is 23.5. The molecule has 0 atom stereocenters. The number of aromatic nitrogens is 2. The Labute approximate surface area is 194 Å². The molecule has 0 unspecified atom stereocenters. The van der Waals surface area contributed by atoms with Gasteiger partial charge in [-0.3, -0.25) is 4.79 Å². The highest BCUT2D eigenvalue weighted by molar-refractivity contribution is 6.52. The number of hydrogen-bond donors (Lipinski definition) is 2. The van der Waals surface area contributed by atoms with Crippen molar-refractivity contribution in [1.29, 1.82) is 0 Å². The second kappa shape index (κ2) is 9.95. The number of benzene rings is 1. The van der Waals surface area contributed by atoms with Crippen molar-refractivity contribution >= 4 is 35.0 Å². The number of rotatable bonds is 7. The third-order valence-electron chi connectivity index (χ3n) is 6.62. The molecular formula is C25H32BFN4O2. The molecule has 0 radical (unpaired) electrons. The molecule has 0 spiro atoms. The topological polar surface area (TPSA) is 70.2 Å². The predicted octanol–water partition coefficient (Wildman–Crippen LogP) is 3.41. The highest BCUT2D eigenvalue weighted by Crippen LogP contribution is 2.34. The zero-order valence-corrected chi connectivity index (χ0v) is 19.9. The molecule has 1 saturated heterocycles. The predicted molar refractivity (Wildman–Crippen MR) is 135 cm³/mol. The van der Waals surface area contributed by atoms with Crippen molar-refractivity contribution in [2.24, 2.45) is 0 Å². The summed E-state index contributed by atoms with van der Waals surface area (Å²) in [5, 5.41) is 5.06.